The van der Waals surface area contributed by atoms with Crippen LogP contribution in [0.4, 0.5) is 11.5 Å². The standard InChI is InChI=1S/C15H19ClN6O3/c1-19-14-13(16)11(7-22-15(14)18)25-10(5-17)9-6-21-12(8-20-9)24-4-3-23-2/h5-8,19H,3-4,17H2,1-2H3,(H2,18,22). The second kappa shape index (κ2) is 8.90. The van der Waals surface area contributed by atoms with Crippen LogP contribution in [0.1, 0.15) is 5.69 Å². The lowest BCUT2D eigenvalue weighted by Crippen LogP contribution is -2.07. The van der Waals surface area contributed by atoms with Crippen molar-refractivity contribution in [2.75, 3.05) is 38.4 Å². The van der Waals surface area contributed by atoms with Crippen LogP contribution in [0.3, 0.4) is 0 Å². The molecule has 2 aromatic heterocycles. The van der Waals surface area contributed by atoms with Crippen molar-refractivity contribution in [1.29, 1.82) is 0 Å². The normalized spacial score (nSPS) is 11.2. The van der Waals surface area contributed by atoms with Gasteiger partial charge in [0.05, 0.1) is 30.9 Å². The fourth-order valence-corrected chi connectivity index (χ4v) is 2.11. The lowest BCUT2D eigenvalue weighted by molar-refractivity contribution is 0.143. The molecule has 134 valence electrons. The molecule has 2 rings (SSSR count). The summed E-state index contributed by atoms with van der Waals surface area (Å²) in [7, 11) is 3.26. The number of nitrogens with two attached hydrogens (primary N) is 2. The Morgan fingerprint density at radius 1 is 1.24 bits per heavy atom. The predicted molar refractivity (Wildman–Crippen MR) is 95.4 cm³/mol. The number of anilines is 2. The fourth-order valence-electron chi connectivity index (χ4n) is 1.83. The van der Waals surface area contributed by atoms with E-state index in [0.29, 0.717) is 30.5 Å². The molecule has 9 nitrogen and oxygen atoms in total. The van der Waals surface area contributed by atoms with Crippen LogP contribution in [0.15, 0.2) is 24.8 Å². The Labute approximate surface area is 150 Å². The first kappa shape index (κ1) is 18.6. The molecular formula is C15H19ClN6O3. The summed E-state index contributed by atoms with van der Waals surface area (Å²) in [5.74, 6) is 1.16. The highest BCUT2D eigenvalue weighted by molar-refractivity contribution is 6.35. The molecule has 0 saturated carbocycles. The van der Waals surface area contributed by atoms with Crippen molar-refractivity contribution < 1.29 is 14.2 Å². The highest BCUT2D eigenvalue weighted by Gasteiger charge is 2.15. The molecule has 0 saturated heterocycles. The van der Waals surface area contributed by atoms with Gasteiger partial charge >= 0.3 is 0 Å². The monoisotopic (exact) mass is 366 g/mol. The van der Waals surface area contributed by atoms with Crippen LogP contribution in [-0.2, 0) is 4.74 Å². The van der Waals surface area contributed by atoms with Crippen LogP contribution < -0.4 is 26.3 Å². The van der Waals surface area contributed by atoms with Crippen LogP contribution in [0.2, 0.25) is 5.02 Å². The number of nitrogens with one attached hydrogen (secondary N) is 1. The predicted octanol–water partition coefficient (Wildman–Crippen LogP) is 1.51. The van der Waals surface area contributed by atoms with E-state index in [1.807, 2.05) is 0 Å². The van der Waals surface area contributed by atoms with Gasteiger partial charge in [0, 0.05) is 20.4 Å². The molecule has 0 fully saturated rings. The molecule has 0 unspecified atom stereocenters. The van der Waals surface area contributed by atoms with Gasteiger partial charge in [-0.2, -0.15) is 0 Å². The molecule has 5 N–H and O–H groups in total. The van der Waals surface area contributed by atoms with E-state index >= 15 is 0 Å². The molecule has 2 aromatic rings. The van der Waals surface area contributed by atoms with Crippen LogP contribution in [-0.4, -0.2) is 42.3 Å². The number of halogens is 1. The van der Waals surface area contributed by atoms with Gasteiger partial charge < -0.3 is 31.0 Å². The zero-order chi connectivity index (χ0) is 18.2. The van der Waals surface area contributed by atoms with Crippen molar-refractivity contribution in [3.8, 4) is 11.6 Å². The SMILES string of the molecule is CNc1c(N)ncc(OC(=CN)c2cnc(OCCOC)cn2)c1Cl. The Kier molecular flexibility index (Phi) is 6.61. The summed E-state index contributed by atoms with van der Waals surface area (Å²) < 4.78 is 15.9. The molecule has 10 heteroatoms. The number of ether oxygens (including phenoxy) is 3. The first-order chi connectivity index (χ1) is 12.1. The summed E-state index contributed by atoms with van der Waals surface area (Å²) in [5, 5.41) is 3.14. The van der Waals surface area contributed by atoms with E-state index in [0.717, 1.165) is 0 Å². The van der Waals surface area contributed by atoms with E-state index in [-0.39, 0.29) is 22.3 Å². The van der Waals surface area contributed by atoms with Gasteiger partial charge in [0.2, 0.25) is 5.88 Å². The molecule has 0 amide bonds. The first-order valence-electron chi connectivity index (χ1n) is 7.26. The van der Waals surface area contributed by atoms with E-state index in [1.165, 1.54) is 24.8 Å². The number of rotatable bonds is 8. The van der Waals surface area contributed by atoms with Crippen LogP contribution in [0.5, 0.6) is 11.6 Å². The number of pyridine rings is 1. The van der Waals surface area contributed by atoms with E-state index in [4.69, 9.17) is 37.3 Å². The van der Waals surface area contributed by atoms with Gasteiger partial charge in [-0.25, -0.2) is 15.0 Å². The van der Waals surface area contributed by atoms with E-state index < -0.39 is 0 Å². The largest absolute Gasteiger partial charge is 0.474 e. The summed E-state index contributed by atoms with van der Waals surface area (Å²) in [5.41, 5.74) is 12.2. The van der Waals surface area contributed by atoms with Crippen molar-refractivity contribution in [2.24, 2.45) is 5.73 Å². The topological polar surface area (TPSA) is 130 Å². The van der Waals surface area contributed by atoms with Gasteiger partial charge in [0.15, 0.2) is 11.5 Å². The zero-order valence-corrected chi connectivity index (χ0v) is 14.6. The lowest BCUT2D eigenvalue weighted by atomic mass is 10.3. The third kappa shape index (κ3) is 4.61. The number of hydrogen-bond acceptors (Lipinski definition) is 9. The molecule has 0 radical (unpaired) electrons. The quantitative estimate of drug-likeness (QED) is 0.470. The molecule has 25 heavy (non-hydrogen) atoms. The molecule has 0 aliphatic rings. The Bertz CT molecular complexity index is 739. The van der Waals surface area contributed by atoms with Gasteiger partial charge in [-0.3, -0.25) is 0 Å². The molecule has 0 atom stereocenters. The molecule has 0 aliphatic heterocycles. The van der Waals surface area contributed by atoms with Crippen molar-refractivity contribution in [3.63, 3.8) is 0 Å². The molecule has 0 spiro atoms. The maximum absolute atomic E-state index is 6.26. The van der Waals surface area contributed by atoms with Gasteiger partial charge in [-0.15, -0.1) is 0 Å². The smallest absolute Gasteiger partial charge is 0.232 e. The van der Waals surface area contributed by atoms with Gasteiger partial charge in [0.25, 0.3) is 0 Å². The number of methoxy groups -OCH3 is 1. The van der Waals surface area contributed by atoms with Crippen LogP contribution >= 0.6 is 11.6 Å². The van der Waals surface area contributed by atoms with Crippen molar-refractivity contribution in [2.45, 2.75) is 0 Å². The fraction of sp³-hybridized carbons (Fsp3) is 0.267. The number of nitrogens with zero attached hydrogens (tertiary/aromatic N) is 3. The lowest BCUT2D eigenvalue weighted by Gasteiger charge is -2.13. The molecule has 0 aliphatic carbocycles. The zero-order valence-electron chi connectivity index (χ0n) is 13.8. The summed E-state index contributed by atoms with van der Waals surface area (Å²) in [6.45, 7) is 0.830. The van der Waals surface area contributed by atoms with Crippen LogP contribution in [0.25, 0.3) is 5.76 Å². The Hall–Kier alpha value is -2.78. The van der Waals surface area contributed by atoms with Crippen molar-refractivity contribution in [1.82, 2.24) is 15.0 Å². The summed E-state index contributed by atoms with van der Waals surface area (Å²) in [6, 6.07) is 0. The minimum absolute atomic E-state index is 0.256. The molecule has 2 heterocycles. The maximum Gasteiger partial charge on any atom is 0.232 e. The Morgan fingerprint density at radius 3 is 2.64 bits per heavy atom. The van der Waals surface area contributed by atoms with Crippen molar-refractivity contribution in [3.05, 3.63) is 35.5 Å². The average molecular weight is 367 g/mol. The van der Waals surface area contributed by atoms with Gasteiger partial charge in [-0.05, 0) is 0 Å². The number of nitrogen functional groups attached to an aromatic ring is 1. The summed E-state index contributed by atoms with van der Waals surface area (Å²) in [6.07, 6.45) is 5.58. The average Bonchev–Trinajstić information content (AvgIpc) is 2.63. The molecule has 0 aromatic carbocycles. The highest BCUT2D eigenvalue weighted by atomic mass is 35.5. The third-order valence-electron chi connectivity index (χ3n) is 3.05. The Morgan fingerprint density at radius 2 is 2.04 bits per heavy atom. The van der Waals surface area contributed by atoms with Crippen LogP contribution in [0, 0.1) is 0 Å². The second-order valence-corrected chi connectivity index (χ2v) is 5.04. The van der Waals surface area contributed by atoms with E-state index in [1.54, 1.807) is 14.2 Å². The van der Waals surface area contributed by atoms with Gasteiger partial charge in [0.1, 0.15) is 23.1 Å². The van der Waals surface area contributed by atoms with Crippen molar-refractivity contribution >= 4 is 28.9 Å². The Balaban J connectivity index is 2.16. The molecular weight excluding hydrogens is 348 g/mol. The van der Waals surface area contributed by atoms with E-state index in [2.05, 4.69) is 20.3 Å². The van der Waals surface area contributed by atoms with Gasteiger partial charge in [-0.1, -0.05) is 11.6 Å². The minimum Gasteiger partial charge on any atom is -0.474 e. The summed E-state index contributed by atoms with van der Waals surface area (Å²) in [4.78, 5) is 12.4. The number of aromatic nitrogens is 3. The summed E-state index contributed by atoms with van der Waals surface area (Å²) >= 11 is 6.26. The number of hydrogen-bond donors (Lipinski definition) is 3. The maximum atomic E-state index is 6.26. The third-order valence-corrected chi connectivity index (χ3v) is 3.43. The molecule has 0 bridgehead atoms. The minimum atomic E-state index is 0.256. The first-order valence-corrected chi connectivity index (χ1v) is 7.64. The van der Waals surface area contributed by atoms with E-state index in [9.17, 15) is 0 Å². The highest BCUT2D eigenvalue weighted by Crippen LogP contribution is 2.36. The second-order valence-electron chi connectivity index (χ2n) is 4.66.